The lowest BCUT2D eigenvalue weighted by Crippen LogP contribution is -2.37. The molecule has 0 aliphatic heterocycles. The molecule has 0 bridgehead atoms. The Hall–Kier alpha value is -3.17. The van der Waals surface area contributed by atoms with Gasteiger partial charge in [-0.25, -0.2) is 10.2 Å². The lowest BCUT2D eigenvalue weighted by molar-refractivity contribution is 0.634. The van der Waals surface area contributed by atoms with Crippen LogP contribution in [0.25, 0.3) is 11.2 Å². The Bertz CT molecular complexity index is 1140. The van der Waals surface area contributed by atoms with Gasteiger partial charge in [0, 0.05) is 38.9 Å². The maximum atomic E-state index is 12.4. The zero-order chi connectivity index (χ0) is 19.2. The molecule has 0 aromatic carbocycles. The highest BCUT2D eigenvalue weighted by Gasteiger charge is 2.16. The first-order valence-corrected chi connectivity index (χ1v) is 8.23. The zero-order valence-electron chi connectivity index (χ0n) is 15.7. The van der Waals surface area contributed by atoms with Crippen molar-refractivity contribution in [3.8, 4) is 0 Å². The molecular weight excluding hydrogens is 336 g/mol. The summed E-state index contributed by atoms with van der Waals surface area (Å²) in [6.45, 7) is 6.73. The first-order valence-electron chi connectivity index (χ1n) is 8.23. The fourth-order valence-electron chi connectivity index (χ4n) is 2.98. The number of hydrazone groups is 1. The highest BCUT2D eigenvalue weighted by Crippen LogP contribution is 2.14. The molecule has 3 rings (SSSR count). The van der Waals surface area contributed by atoms with Crippen molar-refractivity contribution < 1.29 is 0 Å². The van der Waals surface area contributed by atoms with Crippen molar-refractivity contribution >= 4 is 23.3 Å². The van der Waals surface area contributed by atoms with Crippen LogP contribution in [0, 0.1) is 13.8 Å². The monoisotopic (exact) mass is 358 g/mol. The Morgan fingerprint density at radius 3 is 2.42 bits per heavy atom. The third-order valence-corrected chi connectivity index (χ3v) is 4.57. The number of imidazole rings is 1. The minimum absolute atomic E-state index is 0.310. The van der Waals surface area contributed by atoms with Gasteiger partial charge in [0.15, 0.2) is 11.2 Å². The molecule has 1 N–H and O–H groups in total. The normalized spacial score (nSPS) is 11.8. The van der Waals surface area contributed by atoms with E-state index in [0.717, 1.165) is 28.1 Å². The Labute approximate surface area is 149 Å². The number of hydrogen-bond acceptors (Lipinski definition) is 6. The van der Waals surface area contributed by atoms with Crippen LogP contribution in [-0.4, -0.2) is 34.7 Å². The molecule has 0 unspecified atom stereocenters. The molecule has 0 aliphatic carbocycles. The van der Waals surface area contributed by atoms with Gasteiger partial charge in [-0.3, -0.25) is 18.6 Å². The van der Waals surface area contributed by atoms with Crippen LogP contribution in [0.4, 0.5) is 5.95 Å². The van der Waals surface area contributed by atoms with E-state index in [1.165, 1.54) is 11.6 Å². The fraction of sp³-hybridized carbons (Fsp3) is 0.438. The maximum absolute atomic E-state index is 12.4. The van der Waals surface area contributed by atoms with Gasteiger partial charge in [-0.05, 0) is 20.8 Å². The molecule has 0 saturated heterocycles. The minimum atomic E-state index is -0.422. The Kier molecular flexibility index (Phi) is 4.26. The van der Waals surface area contributed by atoms with Crippen LogP contribution in [-0.2, 0) is 27.7 Å². The number of nitrogens with one attached hydrogen (secondary N) is 1. The van der Waals surface area contributed by atoms with Gasteiger partial charge in [-0.15, -0.1) is 0 Å². The molecule has 0 amide bonds. The summed E-state index contributed by atoms with van der Waals surface area (Å²) >= 11 is 0. The van der Waals surface area contributed by atoms with Gasteiger partial charge < -0.3 is 4.57 Å². The molecule has 0 radical (unpaired) electrons. The van der Waals surface area contributed by atoms with Crippen LogP contribution in [0.3, 0.4) is 0 Å². The second kappa shape index (κ2) is 6.28. The lowest BCUT2D eigenvalue weighted by Gasteiger charge is -2.03. The third-order valence-electron chi connectivity index (χ3n) is 4.57. The molecule has 138 valence electrons. The van der Waals surface area contributed by atoms with E-state index in [9.17, 15) is 9.59 Å². The molecule has 3 aromatic rings. The van der Waals surface area contributed by atoms with E-state index in [0.29, 0.717) is 17.1 Å². The minimum Gasteiger partial charge on any atom is -0.306 e. The Morgan fingerprint density at radius 2 is 1.81 bits per heavy atom. The number of aryl methyl sites for hydroxylation is 4. The Balaban J connectivity index is 2.01. The van der Waals surface area contributed by atoms with Gasteiger partial charge in [0.05, 0.1) is 11.9 Å². The van der Waals surface area contributed by atoms with Crippen molar-refractivity contribution in [1.82, 2.24) is 28.5 Å². The molecule has 0 atom stereocenters. The van der Waals surface area contributed by atoms with Gasteiger partial charge in [0.2, 0.25) is 5.95 Å². The second-order valence-electron chi connectivity index (χ2n) is 6.14. The van der Waals surface area contributed by atoms with Crippen LogP contribution in [0.5, 0.6) is 0 Å². The molecule has 3 heterocycles. The summed E-state index contributed by atoms with van der Waals surface area (Å²) in [4.78, 5) is 28.8. The topological polar surface area (TPSA) is 104 Å². The van der Waals surface area contributed by atoms with Gasteiger partial charge in [0.25, 0.3) is 5.56 Å². The number of hydrogen-bond donors (Lipinski definition) is 1. The average molecular weight is 358 g/mol. The highest BCUT2D eigenvalue weighted by atomic mass is 16.2. The molecule has 26 heavy (non-hydrogen) atoms. The highest BCUT2D eigenvalue weighted by molar-refractivity contribution is 5.83. The molecule has 0 fully saturated rings. The van der Waals surface area contributed by atoms with E-state index in [1.807, 2.05) is 25.5 Å². The van der Waals surface area contributed by atoms with Gasteiger partial charge >= 0.3 is 5.69 Å². The summed E-state index contributed by atoms with van der Waals surface area (Å²) in [5.41, 5.74) is 5.51. The zero-order valence-corrected chi connectivity index (χ0v) is 15.7. The average Bonchev–Trinajstić information content (AvgIpc) is 3.09. The van der Waals surface area contributed by atoms with Gasteiger partial charge in [0.1, 0.15) is 0 Å². The summed E-state index contributed by atoms with van der Waals surface area (Å²) in [6, 6.07) is 0. The van der Waals surface area contributed by atoms with E-state index in [1.54, 1.807) is 24.9 Å². The number of aromatic nitrogens is 6. The SMILES string of the molecule is CCn1nc(C)c(C=NNc2nc3c(c(=O)n(C)c(=O)n3C)n2C)c1C. The third kappa shape index (κ3) is 2.54. The lowest BCUT2D eigenvalue weighted by atomic mass is 10.2. The van der Waals surface area contributed by atoms with Crippen LogP contribution < -0.4 is 16.7 Å². The smallest absolute Gasteiger partial charge is 0.306 e. The van der Waals surface area contributed by atoms with E-state index in [2.05, 4.69) is 20.6 Å². The summed E-state index contributed by atoms with van der Waals surface area (Å²) in [7, 11) is 4.72. The van der Waals surface area contributed by atoms with Crippen molar-refractivity contribution in [2.45, 2.75) is 27.3 Å². The van der Waals surface area contributed by atoms with Crippen LogP contribution >= 0.6 is 0 Å². The molecule has 0 spiro atoms. The fourth-order valence-corrected chi connectivity index (χ4v) is 2.98. The first-order chi connectivity index (χ1) is 12.3. The predicted octanol–water partition coefficient (Wildman–Crippen LogP) is 0.250. The molecule has 0 aliphatic rings. The molecule has 3 aromatic heterocycles. The summed E-state index contributed by atoms with van der Waals surface area (Å²) < 4.78 is 5.89. The van der Waals surface area contributed by atoms with Crippen molar-refractivity contribution in [1.29, 1.82) is 0 Å². The van der Waals surface area contributed by atoms with E-state index in [-0.39, 0.29) is 0 Å². The van der Waals surface area contributed by atoms with Gasteiger partial charge in [-0.1, -0.05) is 0 Å². The van der Waals surface area contributed by atoms with Crippen LogP contribution in [0.15, 0.2) is 14.7 Å². The van der Waals surface area contributed by atoms with Crippen molar-refractivity contribution in [2.24, 2.45) is 26.2 Å². The van der Waals surface area contributed by atoms with E-state index >= 15 is 0 Å². The first kappa shape index (κ1) is 17.6. The van der Waals surface area contributed by atoms with Gasteiger partial charge in [-0.2, -0.15) is 15.2 Å². The number of rotatable bonds is 4. The van der Waals surface area contributed by atoms with Crippen LogP contribution in [0.1, 0.15) is 23.9 Å². The van der Waals surface area contributed by atoms with E-state index in [4.69, 9.17) is 0 Å². The second-order valence-corrected chi connectivity index (χ2v) is 6.14. The molecular formula is C16H22N8O2. The van der Waals surface area contributed by atoms with Crippen LogP contribution in [0.2, 0.25) is 0 Å². The van der Waals surface area contributed by atoms with Crippen molar-refractivity contribution in [3.63, 3.8) is 0 Å². The van der Waals surface area contributed by atoms with Crippen molar-refractivity contribution in [2.75, 3.05) is 5.43 Å². The number of fused-ring (bicyclic) bond motifs is 1. The predicted molar refractivity (Wildman–Crippen MR) is 99.8 cm³/mol. The number of nitrogens with zero attached hydrogens (tertiary/aromatic N) is 7. The summed E-state index contributed by atoms with van der Waals surface area (Å²) in [5, 5.41) is 8.68. The quantitative estimate of drug-likeness (QED) is 0.532. The molecule has 10 nitrogen and oxygen atoms in total. The maximum Gasteiger partial charge on any atom is 0.332 e. The number of anilines is 1. The molecule has 10 heteroatoms. The van der Waals surface area contributed by atoms with Crippen molar-refractivity contribution in [3.05, 3.63) is 37.8 Å². The summed E-state index contributed by atoms with van der Waals surface area (Å²) in [6.07, 6.45) is 1.68. The largest absolute Gasteiger partial charge is 0.332 e. The summed E-state index contributed by atoms with van der Waals surface area (Å²) in [5.74, 6) is 0.368. The Morgan fingerprint density at radius 1 is 1.12 bits per heavy atom. The molecule has 0 saturated carbocycles. The standard InChI is InChI=1S/C16H22N8O2/c1-7-24-10(3)11(9(2)20-24)8-17-19-15-18-13-12(21(15)4)14(25)23(6)16(26)22(13)5/h8H,7H2,1-6H3,(H,18,19). The van der Waals surface area contributed by atoms with E-state index < -0.39 is 11.2 Å².